The first kappa shape index (κ1) is 22.9. The molecule has 0 unspecified atom stereocenters. The van der Waals surface area contributed by atoms with Crippen molar-refractivity contribution in [1.82, 2.24) is 0 Å². The maximum Gasteiger partial charge on any atom is 3.00 e. The Bertz CT molecular complexity index is 34.7. The summed E-state index contributed by atoms with van der Waals surface area (Å²) in [7, 11) is 0. The molecule has 0 saturated carbocycles. The molecule has 6 heteroatoms. The summed E-state index contributed by atoms with van der Waals surface area (Å²) in [6, 6.07) is 0. The number of carbonyl (C=O) groups excluding carboxylic acids is 1. The van der Waals surface area contributed by atoms with Crippen LogP contribution in [0, 0.1) is 40.8 Å². The van der Waals surface area contributed by atoms with Gasteiger partial charge in [0, 0.05) is 0 Å². The second-order valence-electron chi connectivity index (χ2n) is 0.250. The van der Waals surface area contributed by atoms with E-state index in [1.54, 1.807) is 0 Å². The Morgan fingerprint density at radius 1 is 1.29 bits per heavy atom. The van der Waals surface area contributed by atoms with Crippen molar-refractivity contribution < 1.29 is 61.3 Å². The van der Waals surface area contributed by atoms with Crippen LogP contribution in [0.2, 0.25) is 0 Å². The molecule has 7 heavy (non-hydrogen) atoms. The van der Waals surface area contributed by atoms with Gasteiger partial charge in [-0.2, -0.15) is 0 Å². The number of carbonyl (C=O) groups is 1. The molecule has 0 amide bonds. The van der Waals surface area contributed by atoms with Gasteiger partial charge in [-0.3, -0.25) is 0 Å². The summed E-state index contributed by atoms with van der Waals surface area (Å²) >= 11 is 0. The van der Waals surface area contributed by atoms with E-state index in [9.17, 15) is 0 Å². The average molecular weight is 358 g/mol. The van der Waals surface area contributed by atoms with Gasteiger partial charge >= 0.3 is 89.7 Å². The minimum atomic E-state index is -2.33. The van der Waals surface area contributed by atoms with Gasteiger partial charge in [-0.1, -0.05) is 0 Å². The van der Waals surface area contributed by atoms with Crippen molar-refractivity contribution in [2.45, 2.75) is 0 Å². The van der Waals surface area contributed by atoms with Crippen LogP contribution in [0.25, 0.3) is 0 Å². The van der Waals surface area contributed by atoms with Gasteiger partial charge in [-0.15, -0.1) is 0 Å². The molecule has 0 fully saturated rings. The van der Waals surface area contributed by atoms with Gasteiger partial charge < -0.3 is 20.5 Å². The molecule has 0 bridgehead atoms. The molecule has 0 N–H and O–H groups in total. The van der Waals surface area contributed by atoms with E-state index in [0.717, 1.165) is 0 Å². The molecule has 1 radical (unpaired) electrons. The van der Waals surface area contributed by atoms with E-state index >= 15 is 0 Å². The van der Waals surface area contributed by atoms with Crippen molar-refractivity contribution in [3.05, 3.63) is 0 Å². The molecule has 0 aromatic heterocycles. The van der Waals surface area contributed by atoms with Crippen LogP contribution in [0.5, 0.6) is 0 Å². The first-order valence-corrected chi connectivity index (χ1v) is 0.612. The molecule has 0 atom stereocenters. The first-order valence-electron chi connectivity index (χ1n) is 0.612. The molecule has 33 valence electrons. The zero-order valence-corrected chi connectivity index (χ0v) is 11.0. The molecule has 0 aromatic rings. The Morgan fingerprint density at radius 2 is 1.29 bits per heavy atom. The summed E-state index contributed by atoms with van der Waals surface area (Å²) in [6.07, 6.45) is -2.33. The fraction of sp³-hybridized carbons (Fsp3) is 0. The molecule has 0 saturated heterocycles. The first-order chi connectivity index (χ1) is 1.73. The maximum atomic E-state index is 8.33. The summed E-state index contributed by atoms with van der Waals surface area (Å²) in [5.74, 6) is 0. The fourth-order valence-electron chi connectivity index (χ4n) is 0. The molecule has 0 aliphatic rings. The minimum Gasteiger partial charge on any atom is -2.00 e. The van der Waals surface area contributed by atoms with E-state index in [-0.39, 0.29) is 95.2 Å². The molecule has 0 heterocycles. The molecule has 0 rings (SSSR count). The zero-order chi connectivity index (χ0) is 3.58. The van der Waals surface area contributed by atoms with Crippen molar-refractivity contribution in [3.8, 4) is 0 Å². The topological polar surface area (TPSA) is 91.7 Å². The molecular formula is CBaNdO4+. The molecule has 0 spiro atoms. The van der Waals surface area contributed by atoms with Gasteiger partial charge in [0.25, 0.3) is 0 Å². The second kappa shape index (κ2) is 15.7. The summed E-state index contributed by atoms with van der Waals surface area (Å²) in [5, 5.41) is 16.7. The van der Waals surface area contributed by atoms with Crippen molar-refractivity contribution in [3.63, 3.8) is 0 Å². The van der Waals surface area contributed by atoms with Crippen molar-refractivity contribution >= 4 is 55.0 Å². The van der Waals surface area contributed by atoms with Crippen LogP contribution < -0.4 is 10.2 Å². The van der Waals surface area contributed by atoms with Gasteiger partial charge in [-0.05, 0) is 6.16 Å². The van der Waals surface area contributed by atoms with E-state index in [1.165, 1.54) is 0 Å². The van der Waals surface area contributed by atoms with E-state index in [2.05, 4.69) is 0 Å². The van der Waals surface area contributed by atoms with Crippen LogP contribution in [0.4, 0.5) is 4.79 Å². The van der Waals surface area contributed by atoms with E-state index in [0.29, 0.717) is 0 Å². The quantitative estimate of drug-likeness (QED) is 0.434. The van der Waals surface area contributed by atoms with Crippen LogP contribution in [0.1, 0.15) is 0 Å². The summed E-state index contributed by atoms with van der Waals surface area (Å²) < 4.78 is 0. The van der Waals surface area contributed by atoms with Crippen LogP contribution in [0.15, 0.2) is 0 Å². The third kappa shape index (κ3) is 66.6. The molecule has 0 aliphatic heterocycles. The second-order valence-corrected chi connectivity index (χ2v) is 0.250. The molecular weight excluding hydrogens is 358 g/mol. The molecule has 4 nitrogen and oxygen atoms in total. The summed E-state index contributed by atoms with van der Waals surface area (Å²) in [4.78, 5) is 8.33. The minimum absolute atomic E-state index is 0. The predicted octanol–water partition coefficient (Wildman–Crippen LogP) is -2.95. The van der Waals surface area contributed by atoms with Crippen LogP contribution in [0.3, 0.4) is 0 Å². The summed E-state index contributed by atoms with van der Waals surface area (Å²) in [5.41, 5.74) is 0. The van der Waals surface area contributed by atoms with Gasteiger partial charge in [0.15, 0.2) is 0 Å². The van der Waals surface area contributed by atoms with Gasteiger partial charge in [0.2, 0.25) is 0 Å². The monoisotopic (exact) mass is 356 g/mol. The van der Waals surface area contributed by atoms with Crippen molar-refractivity contribution in [2.24, 2.45) is 0 Å². The van der Waals surface area contributed by atoms with E-state index in [1.807, 2.05) is 0 Å². The Morgan fingerprint density at radius 3 is 1.29 bits per heavy atom. The van der Waals surface area contributed by atoms with E-state index in [4.69, 9.17) is 15.0 Å². The smallest absolute Gasteiger partial charge is 2.00 e. The Hall–Kier alpha value is 2.15. The molecule has 0 aliphatic carbocycles. The van der Waals surface area contributed by atoms with Gasteiger partial charge in [0.05, 0.1) is 0 Å². The van der Waals surface area contributed by atoms with Crippen molar-refractivity contribution in [2.75, 3.05) is 0 Å². The maximum absolute atomic E-state index is 8.33. The van der Waals surface area contributed by atoms with Gasteiger partial charge in [0.1, 0.15) is 0 Å². The SMILES string of the molecule is O=C([O-])[O-].[Ba+2].[Nd+3].[O-2]. The zero-order valence-electron chi connectivity index (χ0n) is 3.34. The standard InChI is InChI=1S/CH2O3.Ba.Nd.O/c2-1(3)4;;;/h(H2,2,3,4);;;/q;+2;+3;-2/p-2. The largest absolute Gasteiger partial charge is 3.00 e. The van der Waals surface area contributed by atoms with Crippen LogP contribution >= 0.6 is 0 Å². The fourth-order valence-corrected chi connectivity index (χ4v) is 0. The number of hydrogen-bond acceptors (Lipinski definition) is 3. The normalized spacial score (nSPS) is 3.43. The van der Waals surface area contributed by atoms with Crippen LogP contribution in [-0.4, -0.2) is 55.0 Å². The number of rotatable bonds is 0. The third-order valence-corrected chi connectivity index (χ3v) is 0. The predicted molar refractivity (Wildman–Crippen MR) is 11.8 cm³/mol. The Balaban J connectivity index is -0.0000000150. The Labute approximate surface area is 114 Å². The van der Waals surface area contributed by atoms with Gasteiger partial charge in [-0.25, -0.2) is 0 Å². The Kier molecular flexibility index (Phi) is 51.4. The summed E-state index contributed by atoms with van der Waals surface area (Å²) in [6.45, 7) is 0. The van der Waals surface area contributed by atoms with E-state index < -0.39 is 6.16 Å². The molecule has 0 aromatic carbocycles. The third-order valence-electron chi connectivity index (χ3n) is 0. The number of hydrogen-bond donors (Lipinski definition) is 0. The van der Waals surface area contributed by atoms with Crippen molar-refractivity contribution in [1.29, 1.82) is 0 Å². The number of carboxylic acid groups (broad SMARTS) is 2. The van der Waals surface area contributed by atoms with Crippen LogP contribution in [-0.2, 0) is 5.48 Å². The average Bonchev–Trinajstić information content (AvgIpc) is 0.811.